The van der Waals surface area contributed by atoms with Gasteiger partial charge < -0.3 is 24.3 Å². The van der Waals surface area contributed by atoms with Crippen molar-refractivity contribution in [2.24, 2.45) is 0 Å². The Bertz CT molecular complexity index is 189. The summed E-state index contributed by atoms with van der Waals surface area (Å²) in [5, 5.41) is 3.38. The zero-order valence-electron chi connectivity index (χ0n) is 12.1. The Kier molecular flexibility index (Phi) is 11.3. The van der Waals surface area contributed by atoms with E-state index < -0.39 is 0 Å². The first-order valence-electron chi connectivity index (χ1n) is 7.08. The molecule has 0 amide bonds. The maximum Gasteiger partial charge on any atom is 0.0701 e. The fourth-order valence-electron chi connectivity index (χ4n) is 1.80. The molecule has 1 N–H and O–H groups in total. The van der Waals surface area contributed by atoms with Crippen LogP contribution >= 0.6 is 0 Å². The second kappa shape index (κ2) is 12.8. The zero-order valence-corrected chi connectivity index (χ0v) is 12.1. The Morgan fingerprint density at radius 1 is 0.947 bits per heavy atom. The quantitative estimate of drug-likeness (QED) is 0.489. The lowest BCUT2D eigenvalue weighted by atomic mass is 10.4. The normalized spacial score (nSPS) is 16.9. The maximum atomic E-state index is 5.44. The Morgan fingerprint density at radius 3 is 2.37 bits per heavy atom. The molecule has 1 saturated heterocycles. The zero-order chi connectivity index (χ0) is 13.6. The van der Waals surface area contributed by atoms with Crippen molar-refractivity contribution in [3.63, 3.8) is 0 Å². The van der Waals surface area contributed by atoms with E-state index in [0.717, 1.165) is 52.5 Å². The summed E-state index contributed by atoms with van der Waals surface area (Å²) in [5.74, 6) is 0. The molecule has 6 nitrogen and oxygen atoms in total. The Morgan fingerprint density at radius 2 is 1.63 bits per heavy atom. The number of nitrogens with zero attached hydrogens (tertiary/aromatic N) is 1. The number of hydrogen-bond acceptors (Lipinski definition) is 6. The Hall–Kier alpha value is -0.240. The highest BCUT2D eigenvalue weighted by molar-refractivity contribution is 4.62. The number of nitrogens with one attached hydrogen (secondary N) is 1. The third-order valence-corrected chi connectivity index (χ3v) is 2.94. The number of rotatable bonds is 12. The van der Waals surface area contributed by atoms with Crippen LogP contribution in [0.2, 0.25) is 0 Å². The number of ether oxygens (including phenoxy) is 4. The lowest BCUT2D eigenvalue weighted by Gasteiger charge is -2.26. The van der Waals surface area contributed by atoms with Crippen LogP contribution in [0.4, 0.5) is 0 Å². The van der Waals surface area contributed by atoms with Crippen molar-refractivity contribution in [2.45, 2.75) is 0 Å². The maximum absolute atomic E-state index is 5.44. The van der Waals surface area contributed by atoms with E-state index in [4.69, 9.17) is 18.9 Å². The molecular weight excluding hydrogens is 248 g/mol. The Balaban J connectivity index is 1.71. The summed E-state index contributed by atoms with van der Waals surface area (Å²) >= 11 is 0. The number of morpholine rings is 1. The van der Waals surface area contributed by atoms with Gasteiger partial charge in [-0.2, -0.15) is 0 Å². The Labute approximate surface area is 116 Å². The first-order chi connectivity index (χ1) is 9.43. The van der Waals surface area contributed by atoms with Gasteiger partial charge in [0, 0.05) is 39.8 Å². The minimum Gasteiger partial charge on any atom is -0.382 e. The van der Waals surface area contributed by atoms with Crippen LogP contribution in [0.5, 0.6) is 0 Å². The highest BCUT2D eigenvalue weighted by Gasteiger charge is 2.08. The summed E-state index contributed by atoms with van der Waals surface area (Å²) in [5.41, 5.74) is 0. The minimum absolute atomic E-state index is 0.636. The molecule has 0 aromatic heterocycles. The predicted octanol–water partition coefficient (Wildman–Crippen LogP) is -0.412. The van der Waals surface area contributed by atoms with Gasteiger partial charge in [0.05, 0.1) is 46.2 Å². The second-order valence-corrected chi connectivity index (χ2v) is 4.42. The van der Waals surface area contributed by atoms with Crippen LogP contribution in [-0.2, 0) is 18.9 Å². The topological polar surface area (TPSA) is 52.2 Å². The van der Waals surface area contributed by atoms with Crippen molar-refractivity contribution in [3.8, 4) is 0 Å². The summed E-state index contributed by atoms with van der Waals surface area (Å²) in [6.07, 6.45) is 0. The third kappa shape index (κ3) is 10.2. The van der Waals surface area contributed by atoms with Crippen LogP contribution in [0.15, 0.2) is 0 Å². The molecule has 1 rings (SSSR count). The van der Waals surface area contributed by atoms with Crippen LogP contribution in [-0.4, -0.2) is 91.0 Å². The van der Waals surface area contributed by atoms with Crippen molar-refractivity contribution in [2.75, 3.05) is 86.1 Å². The van der Waals surface area contributed by atoms with Crippen molar-refractivity contribution < 1.29 is 18.9 Å². The van der Waals surface area contributed by atoms with Gasteiger partial charge in [-0.3, -0.25) is 4.90 Å². The van der Waals surface area contributed by atoms with Gasteiger partial charge in [0.2, 0.25) is 0 Å². The van der Waals surface area contributed by atoms with Crippen molar-refractivity contribution in [1.29, 1.82) is 0 Å². The van der Waals surface area contributed by atoms with Gasteiger partial charge in [0.1, 0.15) is 0 Å². The molecule has 0 spiro atoms. The molecule has 1 aliphatic rings. The fourth-order valence-corrected chi connectivity index (χ4v) is 1.80. The molecule has 0 aliphatic carbocycles. The van der Waals surface area contributed by atoms with Crippen molar-refractivity contribution >= 4 is 0 Å². The summed E-state index contributed by atoms with van der Waals surface area (Å²) < 4.78 is 20.9. The molecular formula is C13H28N2O4. The standard InChI is InChI=1S/C13H28N2O4/c1-16-10-11-19-13-12-17-7-3-14-2-4-15-5-8-18-9-6-15/h14H,2-13H2,1H3. The van der Waals surface area contributed by atoms with Crippen LogP contribution < -0.4 is 5.32 Å². The molecule has 6 heteroatoms. The van der Waals surface area contributed by atoms with E-state index in [1.165, 1.54) is 0 Å². The van der Waals surface area contributed by atoms with E-state index in [1.807, 2.05) is 0 Å². The molecule has 0 saturated carbocycles. The summed E-state index contributed by atoms with van der Waals surface area (Å²) in [6, 6.07) is 0. The minimum atomic E-state index is 0.636. The molecule has 0 aromatic rings. The summed E-state index contributed by atoms with van der Waals surface area (Å²) in [7, 11) is 1.67. The van der Waals surface area contributed by atoms with E-state index in [9.17, 15) is 0 Å². The summed E-state index contributed by atoms with van der Waals surface area (Å²) in [4.78, 5) is 2.42. The van der Waals surface area contributed by atoms with E-state index in [1.54, 1.807) is 7.11 Å². The van der Waals surface area contributed by atoms with Crippen LogP contribution in [0, 0.1) is 0 Å². The first-order valence-corrected chi connectivity index (χ1v) is 7.08. The molecule has 1 fully saturated rings. The van der Waals surface area contributed by atoms with Crippen LogP contribution in [0.3, 0.4) is 0 Å². The molecule has 0 aromatic carbocycles. The second-order valence-electron chi connectivity index (χ2n) is 4.42. The van der Waals surface area contributed by atoms with E-state index in [-0.39, 0.29) is 0 Å². The largest absolute Gasteiger partial charge is 0.382 e. The molecule has 19 heavy (non-hydrogen) atoms. The average Bonchev–Trinajstić information content (AvgIpc) is 2.46. The molecule has 0 unspecified atom stereocenters. The van der Waals surface area contributed by atoms with Gasteiger partial charge in [-0.15, -0.1) is 0 Å². The fraction of sp³-hybridized carbons (Fsp3) is 1.00. The molecule has 0 atom stereocenters. The SMILES string of the molecule is COCCOCCOCCNCCN1CCOCC1. The molecule has 114 valence electrons. The first kappa shape index (κ1) is 16.8. The highest BCUT2D eigenvalue weighted by Crippen LogP contribution is 1.94. The van der Waals surface area contributed by atoms with E-state index in [2.05, 4.69) is 10.2 Å². The third-order valence-electron chi connectivity index (χ3n) is 2.94. The molecule has 0 radical (unpaired) electrons. The smallest absolute Gasteiger partial charge is 0.0701 e. The van der Waals surface area contributed by atoms with Crippen molar-refractivity contribution in [1.82, 2.24) is 10.2 Å². The van der Waals surface area contributed by atoms with Gasteiger partial charge in [-0.25, -0.2) is 0 Å². The van der Waals surface area contributed by atoms with Gasteiger partial charge in [0.25, 0.3) is 0 Å². The van der Waals surface area contributed by atoms with Crippen LogP contribution in [0.1, 0.15) is 0 Å². The lowest BCUT2D eigenvalue weighted by Crippen LogP contribution is -2.40. The van der Waals surface area contributed by atoms with Crippen molar-refractivity contribution in [3.05, 3.63) is 0 Å². The average molecular weight is 276 g/mol. The van der Waals surface area contributed by atoms with Gasteiger partial charge in [0.15, 0.2) is 0 Å². The lowest BCUT2D eigenvalue weighted by molar-refractivity contribution is 0.0248. The number of hydrogen-bond donors (Lipinski definition) is 1. The highest BCUT2D eigenvalue weighted by atomic mass is 16.5. The van der Waals surface area contributed by atoms with E-state index in [0.29, 0.717) is 26.4 Å². The van der Waals surface area contributed by atoms with Gasteiger partial charge >= 0.3 is 0 Å². The van der Waals surface area contributed by atoms with E-state index >= 15 is 0 Å². The monoisotopic (exact) mass is 276 g/mol. The molecule has 1 aliphatic heterocycles. The molecule has 1 heterocycles. The predicted molar refractivity (Wildman–Crippen MR) is 73.6 cm³/mol. The van der Waals surface area contributed by atoms with Gasteiger partial charge in [-0.1, -0.05) is 0 Å². The molecule has 0 bridgehead atoms. The number of methoxy groups -OCH3 is 1. The van der Waals surface area contributed by atoms with Gasteiger partial charge in [-0.05, 0) is 0 Å². The summed E-state index contributed by atoms with van der Waals surface area (Å²) in [6.45, 7) is 10.1. The van der Waals surface area contributed by atoms with Crippen LogP contribution in [0.25, 0.3) is 0 Å².